The third-order valence-corrected chi connectivity index (χ3v) is 1.79. The summed E-state index contributed by atoms with van der Waals surface area (Å²) in [5, 5.41) is 4.08. The number of aryl methyl sites for hydroxylation is 1. The number of hydrogen-bond acceptors (Lipinski definition) is 2. The number of allylic oxidation sites excluding steroid dienone is 1. The van der Waals surface area contributed by atoms with Crippen molar-refractivity contribution in [3.8, 4) is 0 Å². The number of nitrogens with zero attached hydrogens (tertiary/aromatic N) is 2. The molecule has 1 aromatic rings. The number of rotatable bonds is 3. The minimum atomic E-state index is 0.138. The van der Waals surface area contributed by atoms with Gasteiger partial charge in [0.2, 0.25) is 0 Å². The van der Waals surface area contributed by atoms with Crippen LogP contribution in [-0.4, -0.2) is 16.1 Å². The van der Waals surface area contributed by atoms with E-state index >= 15 is 0 Å². The van der Waals surface area contributed by atoms with E-state index in [9.17, 15) is 4.79 Å². The lowest BCUT2D eigenvalue weighted by molar-refractivity contribution is 0.111. The van der Waals surface area contributed by atoms with E-state index < -0.39 is 0 Å². The summed E-state index contributed by atoms with van der Waals surface area (Å²) in [6.45, 7) is 7.55. The fraction of sp³-hybridized carbons (Fsp3) is 0.333. The van der Waals surface area contributed by atoms with Crippen molar-refractivity contribution in [3.63, 3.8) is 0 Å². The smallest absolute Gasteiger partial charge is 0.170 e. The average molecular weight is 164 g/mol. The molecule has 0 aliphatic rings. The summed E-state index contributed by atoms with van der Waals surface area (Å²) >= 11 is 0. The monoisotopic (exact) mass is 164 g/mol. The van der Waals surface area contributed by atoms with Crippen LogP contribution >= 0.6 is 0 Å². The number of carbonyl (C=O) groups is 1. The topological polar surface area (TPSA) is 34.9 Å². The second-order valence-electron chi connectivity index (χ2n) is 2.75. The highest BCUT2D eigenvalue weighted by atomic mass is 16.1. The molecule has 0 aromatic carbocycles. The third kappa shape index (κ3) is 1.44. The molecule has 1 aromatic heterocycles. The van der Waals surface area contributed by atoms with E-state index in [1.807, 2.05) is 13.8 Å². The van der Waals surface area contributed by atoms with Crippen LogP contribution in [0.15, 0.2) is 18.7 Å². The maximum atomic E-state index is 10.4. The largest absolute Gasteiger partial charge is 0.296 e. The summed E-state index contributed by atoms with van der Waals surface area (Å²) in [7, 11) is 0. The van der Waals surface area contributed by atoms with Crippen molar-refractivity contribution in [1.29, 1.82) is 0 Å². The van der Waals surface area contributed by atoms with Gasteiger partial charge in [0.15, 0.2) is 6.29 Å². The zero-order valence-corrected chi connectivity index (χ0v) is 7.32. The normalized spacial score (nSPS) is 12.5. The van der Waals surface area contributed by atoms with Gasteiger partial charge >= 0.3 is 0 Å². The third-order valence-electron chi connectivity index (χ3n) is 1.79. The lowest BCUT2D eigenvalue weighted by Gasteiger charge is -2.07. The second-order valence-corrected chi connectivity index (χ2v) is 2.75. The molecule has 1 unspecified atom stereocenters. The van der Waals surface area contributed by atoms with Gasteiger partial charge < -0.3 is 0 Å². The molecule has 0 aliphatic heterocycles. The molecule has 3 nitrogen and oxygen atoms in total. The first-order valence-corrected chi connectivity index (χ1v) is 3.83. The van der Waals surface area contributed by atoms with Crippen molar-refractivity contribution in [2.45, 2.75) is 19.9 Å². The summed E-state index contributed by atoms with van der Waals surface area (Å²) in [5.41, 5.74) is 1.45. The van der Waals surface area contributed by atoms with Crippen LogP contribution in [-0.2, 0) is 0 Å². The molecule has 1 heterocycles. The van der Waals surface area contributed by atoms with E-state index in [1.165, 1.54) is 0 Å². The number of aldehydes is 1. The Kier molecular flexibility index (Phi) is 2.43. The van der Waals surface area contributed by atoms with E-state index in [2.05, 4.69) is 11.7 Å². The lowest BCUT2D eigenvalue weighted by atomic mass is 10.3. The van der Waals surface area contributed by atoms with Crippen molar-refractivity contribution < 1.29 is 4.79 Å². The molecular weight excluding hydrogens is 152 g/mol. The first-order chi connectivity index (χ1) is 5.69. The van der Waals surface area contributed by atoms with Crippen LogP contribution in [0, 0.1) is 6.92 Å². The van der Waals surface area contributed by atoms with Crippen molar-refractivity contribution in [3.05, 3.63) is 30.1 Å². The van der Waals surface area contributed by atoms with E-state index in [1.54, 1.807) is 16.8 Å². The predicted octanol–water partition coefficient (Wildman–Crippen LogP) is 1.75. The highest BCUT2D eigenvalue weighted by Gasteiger charge is 2.06. The van der Waals surface area contributed by atoms with E-state index in [-0.39, 0.29) is 6.04 Å². The Morgan fingerprint density at radius 1 is 1.75 bits per heavy atom. The molecule has 3 heteroatoms. The SMILES string of the molecule is C=CC(C)n1nc(C=O)cc1C. The zero-order chi connectivity index (χ0) is 9.14. The molecule has 0 spiro atoms. The summed E-state index contributed by atoms with van der Waals surface area (Å²) in [4.78, 5) is 10.4. The van der Waals surface area contributed by atoms with Gasteiger partial charge in [-0.3, -0.25) is 9.48 Å². The molecule has 1 rings (SSSR count). The summed E-state index contributed by atoms with van der Waals surface area (Å²) in [6.07, 6.45) is 2.54. The van der Waals surface area contributed by atoms with E-state index in [4.69, 9.17) is 0 Å². The highest BCUT2D eigenvalue weighted by molar-refractivity contribution is 5.71. The highest BCUT2D eigenvalue weighted by Crippen LogP contribution is 2.10. The molecule has 0 aliphatic carbocycles. The standard InChI is InChI=1S/C9H12N2O/c1-4-7(2)11-8(3)5-9(6-12)10-11/h4-7H,1H2,2-3H3. The maximum absolute atomic E-state index is 10.4. The molecule has 1 atom stereocenters. The van der Waals surface area contributed by atoms with Gasteiger partial charge in [-0.15, -0.1) is 6.58 Å². The molecule has 0 saturated heterocycles. The number of carbonyl (C=O) groups excluding carboxylic acids is 1. The average Bonchev–Trinajstić information content (AvgIpc) is 2.45. The minimum absolute atomic E-state index is 0.138. The van der Waals surface area contributed by atoms with Crippen LogP contribution in [0.1, 0.15) is 29.1 Å². The second kappa shape index (κ2) is 3.34. The number of aromatic nitrogens is 2. The van der Waals surface area contributed by atoms with Gasteiger partial charge in [-0.2, -0.15) is 5.10 Å². The van der Waals surface area contributed by atoms with Gasteiger partial charge in [-0.25, -0.2) is 0 Å². The van der Waals surface area contributed by atoms with Gasteiger partial charge in [0.1, 0.15) is 5.69 Å². The van der Waals surface area contributed by atoms with Gasteiger partial charge in [0.25, 0.3) is 0 Å². The Labute approximate surface area is 71.7 Å². The molecular formula is C9H12N2O. The van der Waals surface area contributed by atoms with Crippen LogP contribution in [0.2, 0.25) is 0 Å². The number of hydrogen-bond donors (Lipinski definition) is 0. The molecule has 64 valence electrons. The van der Waals surface area contributed by atoms with Crippen molar-refractivity contribution in [2.24, 2.45) is 0 Å². The summed E-state index contributed by atoms with van der Waals surface area (Å²) in [6, 6.07) is 1.89. The van der Waals surface area contributed by atoms with Crippen LogP contribution < -0.4 is 0 Å². The lowest BCUT2D eigenvalue weighted by Crippen LogP contribution is -2.05. The molecule has 0 saturated carbocycles. The molecule has 12 heavy (non-hydrogen) atoms. The van der Waals surface area contributed by atoms with Crippen LogP contribution in [0.3, 0.4) is 0 Å². The van der Waals surface area contributed by atoms with Crippen LogP contribution in [0.25, 0.3) is 0 Å². The fourth-order valence-corrected chi connectivity index (χ4v) is 1.08. The van der Waals surface area contributed by atoms with E-state index in [0.29, 0.717) is 5.69 Å². The maximum Gasteiger partial charge on any atom is 0.170 e. The van der Waals surface area contributed by atoms with Gasteiger partial charge in [0, 0.05) is 5.69 Å². The molecule has 0 amide bonds. The van der Waals surface area contributed by atoms with Crippen LogP contribution in [0.4, 0.5) is 0 Å². The minimum Gasteiger partial charge on any atom is -0.296 e. The first kappa shape index (κ1) is 8.71. The molecule has 0 N–H and O–H groups in total. The van der Waals surface area contributed by atoms with Crippen molar-refractivity contribution in [2.75, 3.05) is 0 Å². The first-order valence-electron chi connectivity index (χ1n) is 3.83. The zero-order valence-electron chi connectivity index (χ0n) is 7.32. The molecule has 0 fully saturated rings. The van der Waals surface area contributed by atoms with Crippen LogP contribution in [0.5, 0.6) is 0 Å². The van der Waals surface area contributed by atoms with Gasteiger partial charge in [-0.1, -0.05) is 6.08 Å². The Balaban J connectivity index is 3.06. The quantitative estimate of drug-likeness (QED) is 0.504. The van der Waals surface area contributed by atoms with Gasteiger partial charge in [-0.05, 0) is 19.9 Å². The Hall–Kier alpha value is -1.38. The van der Waals surface area contributed by atoms with Gasteiger partial charge in [0.05, 0.1) is 6.04 Å². The Morgan fingerprint density at radius 2 is 2.42 bits per heavy atom. The summed E-state index contributed by atoms with van der Waals surface area (Å²) in [5.74, 6) is 0. The molecule has 0 bridgehead atoms. The van der Waals surface area contributed by atoms with E-state index in [0.717, 1.165) is 12.0 Å². The predicted molar refractivity (Wildman–Crippen MR) is 47.3 cm³/mol. The Bertz CT molecular complexity index is 301. The summed E-state index contributed by atoms with van der Waals surface area (Å²) < 4.78 is 1.77. The fourth-order valence-electron chi connectivity index (χ4n) is 1.08. The molecule has 0 radical (unpaired) electrons. The Morgan fingerprint density at radius 3 is 2.83 bits per heavy atom. The van der Waals surface area contributed by atoms with Crippen molar-refractivity contribution >= 4 is 6.29 Å². The van der Waals surface area contributed by atoms with Crippen molar-refractivity contribution in [1.82, 2.24) is 9.78 Å².